The zero-order valence-electron chi connectivity index (χ0n) is 9.97. The van der Waals surface area contributed by atoms with E-state index in [1.165, 1.54) is 19.4 Å². The van der Waals surface area contributed by atoms with Gasteiger partial charge in [0.2, 0.25) is 0 Å². The molecule has 0 amide bonds. The summed E-state index contributed by atoms with van der Waals surface area (Å²) in [6.45, 7) is 10.3. The number of hydrogen-bond acceptors (Lipinski definition) is 2. The van der Waals surface area contributed by atoms with Crippen molar-refractivity contribution in [2.24, 2.45) is 5.92 Å². The highest BCUT2D eigenvalue weighted by atomic mass is 16.1. The van der Waals surface area contributed by atoms with Crippen molar-refractivity contribution in [3.8, 4) is 0 Å². The number of Topliss-reactive ketones (excluding diaryl/α,β-unsaturated/α-hetero) is 1. The Balaban J connectivity index is 0.000000461. The molecule has 0 radical (unpaired) electrons. The molecule has 2 aliphatic heterocycles. The SMILES string of the molecule is CC.CC(=O)C1CN2CCCC2(C)C1. The summed E-state index contributed by atoms with van der Waals surface area (Å²) in [5.74, 6) is 0.709. The van der Waals surface area contributed by atoms with Crippen LogP contribution in [0.3, 0.4) is 0 Å². The van der Waals surface area contributed by atoms with Gasteiger partial charge in [0.15, 0.2) is 0 Å². The van der Waals surface area contributed by atoms with Crippen molar-refractivity contribution in [3.05, 3.63) is 0 Å². The van der Waals surface area contributed by atoms with Gasteiger partial charge in [0.25, 0.3) is 0 Å². The van der Waals surface area contributed by atoms with E-state index in [1.807, 2.05) is 13.8 Å². The van der Waals surface area contributed by atoms with E-state index in [2.05, 4.69) is 11.8 Å². The molecule has 2 rings (SSSR count). The first-order chi connectivity index (χ1) is 6.62. The molecule has 0 aliphatic carbocycles. The van der Waals surface area contributed by atoms with Gasteiger partial charge in [0.1, 0.15) is 5.78 Å². The van der Waals surface area contributed by atoms with E-state index >= 15 is 0 Å². The maximum Gasteiger partial charge on any atom is 0.134 e. The van der Waals surface area contributed by atoms with Crippen LogP contribution in [0.2, 0.25) is 0 Å². The lowest BCUT2D eigenvalue weighted by Crippen LogP contribution is -2.34. The lowest BCUT2D eigenvalue weighted by molar-refractivity contribution is -0.120. The van der Waals surface area contributed by atoms with Crippen LogP contribution in [-0.4, -0.2) is 29.3 Å². The Hall–Kier alpha value is -0.370. The fourth-order valence-corrected chi connectivity index (χ4v) is 2.76. The molecule has 2 fully saturated rings. The standard InChI is InChI=1S/C10H17NO.C2H6/c1-8(12)9-6-10(2)4-3-5-11(10)7-9;1-2/h9H,3-7H2,1-2H3;1-2H3. The summed E-state index contributed by atoms with van der Waals surface area (Å²) in [7, 11) is 0. The second-order valence-electron chi connectivity index (χ2n) is 4.56. The van der Waals surface area contributed by atoms with Crippen LogP contribution >= 0.6 is 0 Å². The van der Waals surface area contributed by atoms with Crippen molar-refractivity contribution in [1.82, 2.24) is 4.90 Å². The van der Waals surface area contributed by atoms with E-state index in [9.17, 15) is 4.79 Å². The third-order valence-electron chi connectivity index (χ3n) is 3.61. The van der Waals surface area contributed by atoms with Gasteiger partial charge in [0, 0.05) is 18.0 Å². The third-order valence-corrected chi connectivity index (χ3v) is 3.61. The number of rotatable bonds is 1. The van der Waals surface area contributed by atoms with E-state index in [-0.39, 0.29) is 0 Å². The van der Waals surface area contributed by atoms with Gasteiger partial charge in [-0.2, -0.15) is 0 Å². The van der Waals surface area contributed by atoms with Crippen LogP contribution in [0.15, 0.2) is 0 Å². The van der Waals surface area contributed by atoms with Crippen LogP contribution in [0.1, 0.15) is 47.0 Å². The molecule has 0 N–H and O–H groups in total. The average molecular weight is 197 g/mol. The fourth-order valence-electron chi connectivity index (χ4n) is 2.76. The first-order valence-electron chi connectivity index (χ1n) is 5.87. The minimum Gasteiger partial charge on any atom is -0.300 e. The minimum absolute atomic E-state index is 0.329. The molecule has 2 heteroatoms. The Morgan fingerprint density at radius 1 is 1.43 bits per heavy atom. The molecule has 2 aliphatic rings. The van der Waals surface area contributed by atoms with Gasteiger partial charge >= 0.3 is 0 Å². The predicted octanol–water partition coefficient (Wildman–Crippen LogP) is 2.48. The van der Waals surface area contributed by atoms with Crippen LogP contribution in [0.4, 0.5) is 0 Å². The summed E-state index contributed by atoms with van der Waals surface area (Å²) in [5, 5.41) is 0. The molecule has 2 heterocycles. The fraction of sp³-hybridized carbons (Fsp3) is 0.917. The molecule has 0 spiro atoms. The predicted molar refractivity (Wildman–Crippen MR) is 59.3 cm³/mol. The minimum atomic E-state index is 0.329. The number of carbonyl (C=O) groups is 1. The van der Waals surface area contributed by atoms with E-state index in [0.717, 1.165) is 13.0 Å². The van der Waals surface area contributed by atoms with Crippen molar-refractivity contribution < 1.29 is 4.79 Å². The Bertz CT molecular complexity index is 214. The van der Waals surface area contributed by atoms with E-state index < -0.39 is 0 Å². The topological polar surface area (TPSA) is 20.3 Å². The Kier molecular flexibility index (Phi) is 3.71. The highest BCUT2D eigenvalue weighted by Crippen LogP contribution is 2.41. The van der Waals surface area contributed by atoms with Gasteiger partial charge in [-0.1, -0.05) is 13.8 Å². The maximum atomic E-state index is 11.2. The molecule has 2 atom stereocenters. The number of ketones is 1. The summed E-state index contributed by atoms with van der Waals surface area (Å²) in [5.41, 5.74) is 0.371. The van der Waals surface area contributed by atoms with Crippen LogP contribution < -0.4 is 0 Å². The van der Waals surface area contributed by atoms with Crippen LogP contribution in [0.5, 0.6) is 0 Å². The molecule has 2 nitrogen and oxygen atoms in total. The lowest BCUT2D eigenvalue weighted by Gasteiger charge is -2.26. The summed E-state index contributed by atoms with van der Waals surface area (Å²) >= 11 is 0. The van der Waals surface area contributed by atoms with Crippen molar-refractivity contribution in [1.29, 1.82) is 0 Å². The zero-order valence-corrected chi connectivity index (χ0v) is 9.97. The van der Waals surface area contributed by atoms with Crippen LogP contribution in [0, 0.1) is 5.92 Å². The number of hydrogen-bond donors (Lipinski definition) is 0. The molecular formula is C12H23NO. The van der Waals surface area contributed by atoms with E-state index in [1.54, 1.807) is 6.92 Å². The summed E-state index contributed by atoms with van der Waals surface area (Å²) in [4.78, 5) is 13.7. The molecule has 0 bridgehead atoms. The lowest BCUT2D eigenvalue weighted by atomic mass is 9.90. The van der Waals surface area contributed by atoms with Crippen molar-refractivity contribution in [3.63, 3.8) is 0 Å². The van der Waals surface area contributed by atoms with Gasteiger partial charge in [-0.15, -0.1) is 0 Å². The van der Waals surface area contributed by atoms with E-state index in [0.29, 0.717) is 17.2 Å². The maximum absolute atomic E-state index is 11.2. The van der Waals surface area contributed by atoms with Gasteiger partial charge in [-0.05, 0) is 39.7 Å². The number of carbonyl (C=O) groups excluding carboxylic acids is 1. The monoisotopic (exact) mass is 197 g/mol. The van der Waals surface area contributed by atoms with Crippen molar-refractivity contribution in [2.45, 2.75) is 52.5 Å². The van der Waals surface area contributed by atoms with Gasteiger partial charge in [0.05, 0.1) is 0 Å². The molecular weight excluding hydrogens is 174 g/mol. The molecule has 14 heavy (non-hydrogen) atoms. The Labute approximate surface area is 87.7 Å². The van der Waals surface area contributed by atoms with Gasteiger partial charge < -0.3 is 0 Å². The first-order valence-corrected chi connectivity index (χ1v) is 5.87. The van der Waals surface area contributed by atoms with Crippen LogP contribution in [-0.2, 0) is 4.79 Å². The van der Waals surface area contributed by atoms with Crippen LogP contribution in [0.25, 0.3) is 0 Å². The zero-order chi connectivity index (χ0) is 10.8. The summed E-state index contributed by atoms with van der Waals surface area (Å²) < 4.78 is 0. The normalized spacial score (nSPS) is 36.1. The quantitative estimate of drug-likeness (QED) is 0.643. The number of nitrogens with zero attached hydrogens (tertiary/aromatic N) is 1. The third kappa shape index (κ3) is 2.00. The molecule has 0 aromatic carbocycles. The average Bonchev–Trinajstić information content (AvgIpc) is 2.62. The smallest absolute Gasteiger partial charge is 0.134 e. The van der Waals surface area contributed by atoms with Gasteiger partial charge in [-0.3, -0.25) is 9.69 Å². The number of fused-ring (bicyclic) bond motifs is 1. The second-order valence-corrected chi connectivity index (χ2v) is 4.56. The van der Waals surface area contributed by atoms with Gasteiger partial charge in [-0.25, -0.2) is 0 Å². The first kappa shape index (κ1) is 11.7. The Morgan fingerprint density at radius 3 is 2.57 bits per heavy atom. The Morgan fingerprint density at radius 2 is 2.07 bits per heavy atom. The van der Waals surface area contributed by atoms with Crippen molar-refractivity contribution in [2.75, 3.05) is 13.1 Å². The molecule has 2 saturated heterocycles. The summed E-state index contributed by atoms with van der Waals surface area (Å²) in [6, 6.07) is 0. The molecule has 0 saturated carbocycles. The molecule has 0 aromatic heterocycles. The highest BCUT2D eigenvalue weighted by molar-refractivity contribution is 5.79. The molecule has 0 aromatic rings. The largest absolute Gasteiger partial charge is 0.300 e. The van der Waals surface area contributed by atoms with Crippen molar-refractivity contribution >= 4 is 5.78 Å². The highest BCUT2D eigenvalue weighted by Gasteiger charge is 2.45. The molecule has 82 valence electrons. The van der Waals surface area contributed by atoms with E-state index in [4.69, 9.17) is 0 Å². The second kappa shape index (κ2) is 4.43. The summed E-state index contributed by atoms with van der Waals surface area (Å²) in [6.07, 6.45) is 3.71. The molecule has 2 unspecified atom stereocenters.